The lowest BCUT2D eigenvalue weighted by atomic mass is 10.0. The molecule has 4 aromatic carbocycles. The Bertz CT molecular complexity index is 2080. The molecular weight excluding hydrogens is 619 g/mol. The van der Waals surface area contributed by atoms with Gasteiger partial charge in [-0.2, -0.15) is 10.2 Å². The normalized spacial score (nSPS) is 18.9. The van der Waals surface area contributed by atoms with Crippen LogP contribution in [0.3, 0.4) is 0 Å². The predicted molar refractivity (Wildman–Crippen MR) is 191 cm³/mol. The number of hydrogen-bond donors (Lipinski definition) is 2. The monoisotopic (exact) mass is 655 g/mol. The number of piperazine rings is 1. The molecule has 0 unspecified atom stereocenters. The Hall–Kier alpha value is -4.80. The predicted octanol–water partition coefficient (Wildman–Crippen LogP) is 8.07. The highest BCUT2D eigenvalue weighted by atomic mass is 32.2. The van der Waals surface area contributed by atoms with E-state index in [1.807, 2.05) is 49.8 Å². The summed E-state index contributed by atoms with van der Waals surface area (Å²) in [4.78, 5) is 22.3. The fraction of sp³-hybridized carbons (Fsp3) is 0.289. The van der Waals surface area contributed by atoms with Crippen LogP contribution in [0, 0.1) is 0 Å². The number of ether oxygens (including phenoxy) is 1. The molecule has 2 fully saturated rings. The van der Waals surface area contributed by atoms with Gasteiger partial charge in [0.05, 0.1) is 34.8 Å². The van der Waals surface area contributed by atoms with Crippen LogP contribution in [0.15, 0.2) is 95.0 Å². The van der Waals surface area contributed by atoms with Crippen LogP contribution < -0.4 is 4.90 Å². The summed E-state index contributed by atoms with van der Waals surface area (Å²) in [6, 6.07) is 26.9. The molecule has 48 heavy (non-hydrogen) atoms. The van der Waals surface area contributed by atoms with Crippen molar-refractivity contribution in [2.75, 3.05) is 31.1 Å². The molecule has 1 amide bonds. The van der Waals surface area contributed by atoms with Crippen LogP contribution in [-0.2, 0) is 4.74 Å². The van der Waals surface area contributed by atoms with Gasteiger partial charge < -0.3 is 14.5 Å². The third kappa shape index (κ3) is 5.02. The van der Waals surface area contributed by atoms with E-state index < -0.39 is 5.60 Å². The van der Waals surface area contributed by atoms with Crippen LogP contribution in [0.25, 0.3) is 44.1 Å². The summed E-state index contributed by atoms with van der Waals surface area (Å²) >= 11 is 1.84. The average Bonchev–Trinajstić information content (AvgIpc) is 3.89. The summed E-state index contributed by atoms with van der Waals surface area (Å²) in [6.45, 7) is 9.17. The first kappa shape index (κ1) is 29.3. The highest BCUT2D eigenvalue weighted by Crippen LogP contribution is 2.51. The topological polar surface area (TPSA) is 93.4 Å². The zero-order valence-corrected chi connectivity index (χ0v) is 28.1. The van der Waals surface area contributed by atoms with Gasteiger partial charge in [-0.05, 0) is 85.8 Å². The van der Waals surface area contributed by atoms with Crippen molar-refractivity contribution in [2.24, 2.45) is 0 Å². The Morgan fingerprint density at radius 3 is 1.96 bits per heavy atom. The van der Waals surface area contributed by atoms with Crippen LogP contribution >= 0.6 is 11.8 Å². The third-order valence-electron chi connectivity index (χ3n) is 9.91. The summed E-state index contributed by atoms with van der Waals surface area (Å²) in [6.07, 6.45) is 4.65. The van der Waals surface area contributed by atoms with Crippen molar-refractivity contribution < 1.29 is 9.53 Å². The maximum atomic E-state index is 12.9. The summed E-state index contributed by atoms with van der Waals surface area (Å²) in [5.41, 5.74) is 8.72. The molecule has 0 aliphatic carbocycles. The first-order valence-electron chi connectivity index (χ1n) is 16.6. The molecule has 0 spiro atoms. The molecule has 3 aliphatic rings. The quantitative estimate of drug-likeness (QED) is 0.194. The van der Waals surface area contributed by atoms with E-state index in [1.165, 1.54) is 43.4 Å². The highest BCUT2D eigenvalue weighted by Gasteiger charge is 2.46. The summed E-state index contributed by atoms with van der Waals surface area (Å²) < 4.78 is 5.71. The van der Waals surface area contributed by atoms with Gasteiger partial charge >= 0.3 is 6.09 Å². The van der Waals surface area contributed by atoms with E-state index in [9.17, 15) is 4.79 Å². The standard InChI is InChI=1S/C38H37N7O2S/c1-38(2,3)47-37(46)45-22-25-18-26(45)21-43(25)14-15-44-33-12-10-23(27-6-4-8-31-29(27)19-39-41-31)16-35(33)48-36-17-24(11-13-34(36)44)28-7-5-9-32-30(28)20-40-42-32/h4-13,16-17,19-20,25-26H,14-15,18,21-22H2,1-3H3,(H,39,41)(H,40,42)/t25-,26-/m1/s1. The van der Waals surface area contributed by atoms with E-state index in [2.05, 4.69) is 103 Å². The van der Waals surface area contributed by atoms with Crippen molar-refractivity contribution in [3.05, 3.63) is 85.2 Å². The SMILES string of the molecule is CC(C)(C)OC(=O)N1C[C@H]2C[C@@H]1CN2CCN1c2ccc(-c3cccc4[nH]ncc34)cc2Sc2cc(-c3cccc4[nH]ncc34)ccc21. The van der Waals surface area contributed by atoms with Crippen molar-refractivity contribution >= 4 is 51.0 Å². The molecule has 2 N–H and O–H groups in total. The fourth-order valence-corrected chi connectivity index (χ4v) is 8.87. The minimum atomic E-state index is -0.485. The summed E-state index contributed by atoms with van der Waals surface area (Å²) in [7, 11) is 0. The molecule has 9 rings (SSSR count). The number of amides is 1. The number of nitrogens with zero attached hydrogens (tertiary/aromatic N) is 5. The first-order valence-corrected chi connectivity index (χ1v) is 17.4. The molecular formula is C38H37N7O2S. The van der Waals surface area contributed by atoms with Gasteiger partial charge in [0, 0.05) is 58.8 Å². The Morgan fingerprint density at radius 2 is 1.42 bits per heavy atom. The summed E-state index contributed by atoms with van der Waals surface area (Å²) in [5.74, 6) is 0. The number of anilines is 2. The maximum Gasteiger partial charge on any atom is 0.410 e. The fourth-order valence-electron chi connectivity index (χ4n) is 7.70. The molecule has 6 aromatic rings. The Balaban J connectivity index is 1.04. The highest BCUT2D eigenvalue weighted by molar-refractivity contribution is 7.99. The second-order valence-electron chi connectivity index (χ2n) is 14.1. The molecule has 10 heteroatoms. The van der Waals surface area contributed by atoms with E-state index in [1.54, 1.807) is 0 Å². The molecule has 0 radical (unpaired) electrons. The third-order valence-corrected chi connectivity index (χ3v) is 11.0. The molecule has 5 heterocycles. The van der Waals surface area contributed by atoms with E-state index in [4.69, 9.17) is 4.74 Å². The second kappa shape index (κ2) is 11.1. The molecule has 2 bridgehead atoms. The number of fused-ring (bicyclic) bond motifs is 6. The van der Waals surface area contributed by atoms with E-state index in [0.717, 1.165) is 54.4 Å². The van der Waals surface area contributed by atoms with E-state index >= 15 is 0 Å². The lowest BCUT2D eigenvalue weighted by Gasteiger charge is -2.38. The van der Waals surface area contributed by atoms with Gasteiger partial charge in [-0.1, -0.05) is 48.2 Å². The number of aromatic nitrogens is 4. The van der Waals surface area contributed by atoms with Gasteiger partial charge in [0.15, 0.2) is 0 Å². The lowest BCUT2D eigenvalue weighted by Crippen LogP contribution is -2.51. The van der Waals surface area contributed by atoms with Gasteiger partial charge in [-0.3, -0.25) is 15.1 Å². The molecule has 9 nitrogen and oxygen atoms in total. The average molecular weight is 656 g/mol. The van der Waals surface area contributed by atoms with Crippen LogP contribution in [-0.4, -0.2) is 80.2 Å². The minimum absolute atomic E-state index is 0.186. The van der Waals surface area contributed by atoms with E-state index in [0.29, 0.717) is 6.04 Å². The molecule has 3 aliphatic heterocycles. The van der Waals surface area contributed by atoms with Gasteiger partial charge in [0.1, 0.15) is 5.60 Å². The molecule has 0 saturated carbocycles. The second-order valence-corrected chi connectivity index (χ2v) is 15.1. The first-order chi connectivity index (χ1) is 23.3. The summed E-state index contributed by atoms with van der Waals surface area (Å²) in [5, 5.41) is 17.1. The zero-order chi connectivity index (χ0) is 32.6. The number of benzene rings is 4. The van der Waals surface area contributed by atoms with Gasteiger partial charge in [0.2, 0.25) is 0 Å². The Morgan fingerprint density at radius 1 is 0.812 bits per heavy atom. The number of likely N-dealkylation sites (tertiary alicyclic amines) is 2. The number of carbonyl (C=O) groups is 1. The van der Waals surface area contributed by atoms with Crippen molar-refractivity contribution in [1.29, 1.82) is 0 Å². The minimum Gasteiger partial charge on any atom is -0.444 e. The van der Waals surface area contributed by atoms with Gasteiger partial charge in [-0.25, -0.2) is 4.79 Å². The number of rotatable bonds is 5. The van der Waals surface area contributed by atoms with E-state index in [-0.39, 0.29) is 12.1 Å². The Kier molecular flexibility index (Phi) is 6.81. The van der Waals surface area contributed by atoms with Crippen molar-refractivity contribution in [3.8, 4) is 22.3 Å². The van der Waals surface area contributed by atoms with Crippen molar-refractivity contribution in [1.82, 2.24) is 30.2 Å². The molecule has 2 saturated heterocycles. The lowest BCUT2D eigenvalue weighted by molar-refractivity contribution is 0.0132. The molecule has 242 valence electrons. The maximum absolute atomic E-state index is 12.9. The molecule has 2 aromatic heterocycles. The smallest absolute Gasteiger partial charge is 0.410 e. The van der Waals surface area contributed by atoms with Crippen LogP contribution in [0.1, 0.15) is 27.2 Å². The van der Waals surface area contributed by atoms with Crippen LogP contribution in [0.4, 0.5) is 16.2 Å². The molecule has 2 atom stereocenters. The van der Waals surface area contributed by atoms with Crippen LogP contribution in [0.5, 0.6) is 0 Å². The van der Waals surface area contributed by atoms with Crippen molar-refractivity contribution in [3.63, 3.8) is 0 Å². The van der Waals surface area contributed by atoms with Crippen LogP contribution in [0.2, 0.25) is 0 Å². The number of hydrogen-bond acceptors (Lipinski definition) is 7. The van der Waals surface area contributed by atoms with Crippen molar-refractivity contribution in [2.45, 2.75) is 54.7 Å². The number of carbonyl (C=O) groups excluding carboxylic acids is 1. The van der Waals surface area contributed by atoms with Gasteiger partial charge in [0.25, 0.3) is 0 Å². The number of H-pyrrole nitrogens is 2. The largest absolute Gasteiger partial charge is 0.444 e. The zero-order valence-electron chi connectivity index (χ0n) is 27.2. The van der Waals surface area contributed by atoms with Gasteiger partial charge in [-0.15, -0.1) is 0 Å². The number of aromatic amines is 2. The Labute approximate surface area is 283 Å². The number of nitrogens with one attached hydrogen (secondary N) is 2.